The number of carbonyl (C=O) groups excluding carboxylic acids is 1. The molecule has 0 spiro atoms. The summed E-state index contributed by atoms with van der Waals surface area (Å²) in [6.07, 6.45) is 1.23. The summed E-state index contributed by atoms with van der Waals surface area (Å²) in [6, 6.07) is 26.8. The van der Waals surface area contributed by atoms with Crippen LogP contribution >= 0.6 is 0 Å². The molecule has 0 aromatic heterocycles. The molecule has 182 valence electrons. The predicted molar refractivity (Wildman–Crippen MR) is 135 cm³/mol. The van der Waals surface area contributed by atoms with E-state index in [9.17, 15) is 4.79 Å². The fraction of sp³-hybridized carbons (Fsp3) is 0.310. The minimum absolute atomic E-state index is 0.0689. The molecule has 1 fully saturated rings. The van der Waals surface area contributed by atoms with Crippen molar-refractivity contribution in [1.29, 1.82) is 0 Å². The second-order valence-electron chi connectivity index (χ2n) is 8.31. The monoisotopic (exact) mass is 473 g/mol. The zero-order chi connectivity index (χ0) is 24.3. The molecule has 0 aliphatic carbocycles. The first-order chi connectivity index (χ1) is 17.2. The fourth-order valence-electron chi connectivity index (χ4n) is 3.98. The van der Waals surface area contributed by atoms with Crippen molar-refractivity contribution in [1.82, 2.24) is 0 Å². The summed E-state index contributed by atoms with van der Waals surface area (Å²) in [5.41, 5.74) is 3.58. The van der Waals surface area contributed by atoms with Gasteiger partial charge in [0.15, 0.2) is 6.04 Å². The Labute approximate surface area is 206 Å². The maximum absolute atomic E-state index is 12.8. The fourth-order valence-corrected chi connectivity index (χ4v) is 3.98. The van der Waals surface area contributed by atoms with Gasteiger partial charge in [-0.05, 0) is 17.7 Å². The van der Waals surface area contributed by atoms with Crippen LogP contribution in [0.1, 0.15) is 23.1 Å². The van der Waals surface area contributed by atoms with Gasteiger partial charge in [-0.3, -0.25) is 4.99 Å². The summed E-state index contributed by atoms with van der Waals surface area (Å²) in [7, 11) is 1.39. The summed E-state index contributed by atoms with van der Waals surface area (Å²) in [6.45, 7) is 2.42. The maximum atomic E-state index is 12.8. The first-order valence-electron chi connectivity index (χ1n) is 11.9. The van der Waals surface area contributed by atoms with E-state index >= 15 is 0 Å². The number of methoxy groups -OCH3 is 1. The highest BCUT2D eigenvalue weighted by atomic mass is 16.6. The predicted octanol–water partition coefficient (Wildman–Crippen LogP) is 4.49. The Morgan fingerprint density at radius 2 is 1.69 bits per heavy atom. The van der Waals surface area contributed by atoms with Crippen LogP contribution < -0.4 is 4.74 Å². The average molecular weight is 474 g/mol. The van der Waals surface area contributed by atoms with Crippen molar-refractivity contribution < 1.29 is 23.7 Å². The lowest BCUT2D eigenvalue weighted by Crippen LogP contribution is -2.29. The van der Waals surface area contributed by atoms with Crippen molar-refractivity contribution in [2.45, 2.75) is 25.0 Å². The summed E-state index contributed by atoms with van der Waals surface area (Å²) < 4.78 is 22.2. The first kappa shape index (κ1) is 24.6. The second kappa shape index (κ2) is 12.8. The lowest BCUT2D eigenvalue weighted by atomic mass is 10.0. The summed E-state index contributed by atoms with van der Waals surface area (Å²) in [4.78, 5) is 17.7. The van der Waals surface area contributed by atoms with E-state index in [1.807, 2.05) is 84.9 Å². The van der Waals surface area contributed by atoms with Gasteiger partial charge >= 0.3 is 5.97 Å². The van der Waals surface area contributed by atoms with E-state index in [2.05, 4.69) is 0 Å². The molecule has 35 heavy (non-hydrogen) atoms. The summed E-state index contributed by atoms with van der Waals surface area (Å²) in [5, 5.41) is 0. The van der Waals surface area contributed by atoms with Gasteiger partial charge in [0.25, 0.3) is 0 Å². The molecule has 1 saturated heterocycles. The van der Waals surface area contributed by atoms with Crippen molar-refractivity contribution in [3.8, 4) is 5.75 Å². The third-order valence-corrected chi connectivity index (χ3v) is 5.77. The van der Waals surface area contributed by atoms with Crippen LogP contribution in [0.2, 0.25) is 0 Å². The van der Waals surface area contributed by atoms with Gasteiger partial charge < -0.3 is 18.9 Å². The van der Waals surface area contributed by atoms with Crippen LogP contribution in [-0.4, -0.2) is 57.4 Å². The number of hydrogen-bond donors (Lipinski definition) is 0. The first-order valence-corrected chi connectivity index (χ1v) is 11.9. The molecular weight excluding hydrogens is 442 g/mol. The van der Waals surface area contributed by atoms with Gasteiger partial charge in [0, 0.05) is 24.0 Å². The molecule has 6 heteroatoms. The average Bonchev–Trinajstić information content (AvgIpc) is 2.92. The molecule has 0 N–H and O–H groups in total. The number of ether oxygens (including phenoxy) is 4. The minimum Gasteiger partial charge on any atom is -0.493 e. The Bertz CT molecular complexity index is 1050. The molecule has 1 aliphatic heterocycles. The third-order valence-electron chi connectivity index (χ3n) is 5.77. The minimum atomic E-state index is -0.696. The zero-order valence-corrected chi connectivity index (χ0v) is 20.0. The SMILES string of the molecule is COC(=O)C(Cc1cccc(OCC[C@H]2COCCO2)c1)N=C(c1ccccc1)c1ccccc1. The molecule has 1 aliphatic rings. The molecule has 3 aromatic carbocycles. The summed E-state index contributed by atoms with van der Waals surface area (Å²) in [5.74, 6) is 0.369. The van der Waals surface area contributed by atoms with E-state index in [1.54, 1.807) is 0 Å². The van der Waals surface area contributed by atoms with E-state index in [0.717, 1.165) is 34.6 Å². The molecule has 1 unspecified atom stereocenters. The van der Waals surface area contributed by atoms with Gasteiger partial charge in [-0.15, -0.1) is 0 Å². The van der Waals surface area contributed by atoms with Gasteiger partial charge in [0.2, 0.25) is 0 Å². The number of aliphatic imine (C=N–C) groups is 1. The largest absolute Gasteiger partial charge is 0.493 e. The maximum Gasteiger partial charge on any atom is 0.330 e. The standard InChI is InChI=1S/C29H31NO5/c1-32-29(31)27(30-28(23-10-4-2-5-11-23)24-12-6-3-7-13-24)20-22-9-8-14-25(19-22)34-16-15-26-21-33-17-18-35-26/h2-14,19,26-27H,15-18,20-21H2,1H3/t26-,27?/m0/s1. The van der Waals surface area contributed by atoms with Crippen molar-refractivity contribution >= 4 is 11.7 Å². The Morgan fingerprint density at radius 1 is 0.971 bits per heavy atom. The van der Waals surface area contributed by atoms with Crippen molar-refractivity contribution in [3.05, 3.63) is 102 Å². The van der Waals surface area contributed by atoms with E-state index < -0.39 is 6.04 Å². The normalized spacial score (nSPS) is 16.2. The number of hydrogen-bond acceptors (Lipinski definition) is 6. The second-order valence-corrected chi connectivity index (χ2v) is 8.31. The number of nitrogens with zero attached hydrogens (tertiary/aromatic N) is 1. The highest BCUT2D eigenvalue weighted by Crippen LogP contribution is 2.19. The van der Waals surface area contributed by atoms with E-state index in [4.69, 9.17) is 23.9 Å². The highest BCUT2D eigenvalue weighted by Gasteiger charge is 2.21. The molecule has 4 rings (SSSR count). The summed E-state index contributed by atoms with van der Waals surface area (Å²) >= 11 is 0. The number of benzene rings is 3. The molecule has 0 bridgehead atoms. The topological polar surface area (TPSA) is 66.4 Å². The Morgan fingerprint density at radius 3 is 2.31 bits per heavy atom. The molecule has 2 atom stereocenters. The van der Waals surface area contributed by atoms with Crippen LogP contribution in [0.4, 0.5) is 0 Å². The van der Waals surface area contributed by atoms with Crippen LogP contribution in [0.3, 0.4) is 0 Å². The highest BCUT2D eigenvalue weighted by molar-refractivity contribution is 6.13. The van der Waals surface area contributed by atoms with Crippen LogP contribution in [0, 0.1) is 0 Å². The molecule has 0 radical (unpaired) electrons. The lowest BCUT2D eigenvalue weighted by molar-refractivity contribution is -0.142. The van der Waals surface area contributed by atoms with Crippen LogP contribution in [0.15, 0.2) is 89.9 Å². The molecule has 6 nitrogen and oxygen atoms in total. The lowest BCUT2D eigenvalue weighted by Gasteiger charge is -2.22. The van der Waals surface area contributed by atoms with Crippen molar-refractivity contribution in [3.63, 3.8) is 0 Å². The van der Waals surface area contributed by atoms with Gasteiger partial charge in [0.05, 0.1) is 45.4 Å². The quantitative estimate of drug-likeness (QED) is 0.321. The third kappa shape index (κ3) is 7.25. The number of esters is 1. The molecule has 3 aromatic rings. The smallest absolute Gasteiger partial charge is 0.330 e. The Balaban J connectivity index is 1.52. The van der Waals surface area contributed by atoms with Gasteiger partial charge in [-0.1, -0.05) is 72.8 Å². The van der Waals surface area contributed by atoms with Gasteiger partial charge in [0.1, 0.15) is 5.75 Å². The van der Waals surface area contributed by atoms with Crippen LogP contribution in [0.5, 0.6) is 5.75 Å². The van der Waals surface area contributed by atoms with E-state index in [-0.39, 0.29) is 12.1 Å². The Kier molecular flexibility index (Phi) is 9.04. The number of rotatable bonds is 10. The molecular formula is C29H31NO5. The van der Waals surface area contributed by atoms with Gasteiger partial charge in [-0.25, -0.2) is 4.79 Å². The van der Waals surface area contributed by atoms with Crippen LogP contribution in [-0.2, 0) is 25.4 Å². The molecule has 1 heterocycles. The van der Waals surface area contributed by atoms with E-state index in [0.29, 0.717) is 32.8 Å². The van der Waals surface area contributed by atoms with E-state index in [1.165, 1.54) is 7.11 Å². The van der Waals surface area contributed by atoms with Crippen molar-refractivity contribution in [2.24, 2.45) is 4.99 Å². The zero-order valence-electron chi connectivity index (χ0n) is 20.0. The van der Waals surface area contributed by atoms with Gasteiger partial charge in [-0.2, -0.15) is 0 Å². The van der Waals surface area contributed by atoms with Crippen molar-refractivity contribution in [2.75, 3.05) is 33.5 Å². The Hall–Kier alpha value is -3.48. The number of carbonyl (C=O) groups is 1. The molecule has 0 saturated carbocycles. The van der Waals surface area contributed by atoms with Crippen LogP contribution in [0.25, 0.3) is 0 Å². The molecule has 0 amide bonds.